The third-order valence-electron chi connectivity index (χ3n) is 12.1. The summed E-state index contributed by atoms with van der Waals surface area (Å²) in [6, 6.07) is 6.89. The van der Waals surface area contributed by atoms with E-state index in [2.05, 4.69) is 20.8 Å². The zero-order chi connectivity index (χ0) is 27.8. The Hall–Kier alpha value is -1.20. The summed E-state index contributed by atoms with van der Waals surface area (Å²) in [6.07, 6.45) is 17.1. The van der Waals surface area contributed by atoms with Crippen LogP contribution in [0.25, 0.3) is 0 Å². The molecule has 0 spiro atoms. The molecule has 0 aromatic heterocycles. The molecule has 5 rings (SSSR count). The predicted molar refractivity (Wildman–Crippen MR) is 157 cm³/mol. The average Bonchev–Trinajstić information content (AvgIpc) is 3.23. The zero-order valence-corrected chi connectivity index (χ0v) is 25.7. The summed E-state index contributed by atoms with van der Waals surface area (Å²) < 4.78 is 31.8. The third kappa shape index (κ3) is 5.65. The maximum absolute atomic E-state index is 13.9. The van der Waals surface area contributed by atoms with Crippen molar-refractivity contribution in [2.24, 2.45) is 40.4 Å². The Morgan fingerprint density at radius 2 is 1.54 bits per heavy atom. The van der Waals surface area contributed by atoms with E-state index in [1.807, 2.05) is 19.1 Å². The Morgan fingerprint density at radius 3 is 2.28 bits per heavy atom. The lowest BCUT2D eigenvalue weighted by Gasteiger charge is -2.60. The molecule has 4 aliphatic carbocycles. The number of benzene rings is 1. The summed E-state index contributed by atoms with van der Waals surface area (Å²) in [5, 5.41) is 0. The maximum Gasteiger partial charge on any atom is 0.297 e. The lowest BCUT2D eigenvalue weighted by molar-refractivity contribution is -0.159. The van der Waals surface area contributed by atoms with Crippen LogP contribution in [0, 0.1) is 47.3 Å². The second-order valence-corrected chi connectivity index (χ2v) is 15.8. The van der Waals surface area contributed by atoms with Gasteiger partial charge in [-0.3, -0.25) is 8.98 Å². The number of carbonyl (C=O) groups is 1. The van der Waals surface area contributed by atoms with Crippen molar-refractivity contribution in [3.63, 3.8) is 0 Å². The van der Waals surface area contributed by atoms with Crippen LogP contribution in [0.15, 0.2) is 29.2 Å². The second-order valence-electron chi connectivity index (χ2n) is 14.2. The van der Waals surface area contributed by atoms with Gasteiger partial charge in [-0.05, 0) is 105 Å². The van der Waals surface area contributed by atoms with Gasteiger partial charge in [-0.15, -0.1) is 0 Å². The van der Waals surface area contributed by atoms with Gasteiger partial charge in [0.15, 0.2) is 0 Å². The third-order valence-corrected chi connectivity index (χ3v) is 13.5. The van der Waals surface area contributed by atoms with Gasteiger partial charge in [0.25, 0.3) is 10.1 Å². The molecule has 0 heterocycles. The quantitative estimate of drug-likeness (QED) is 0.214. The van der Waals surface area contributed by atoms with Gasteiger partial charge >= 0.3 is 0 Å². The van der Waals surface area contributed by atoms with E-state index < -0.39 is 10.1 Å². The molecule has 1 aromatic rings. The molecular formula is C34H52O4S. The summed E-state index contributed by atoms with van der Waals surface area (Å²) in [5.74, 6) is 2.69. The molecule has 4 fully saturated rings. The summed E-state index contributed by atoms with van der Waals surface area (Å²) >= 11 is 0. The Kier molecular flexibility index (Phi) is 8.70. The second kappa shape index (κ2) is 11.6. The number of fused-ring (bicyclic) bond motifs is 5. The highest BCUT2D eigenvalue weighted by molar-refractivity contribution is 7.86. The molecule has 0 bridgehead atoms. The summed E-state index contributed by atoms with van der Waals surface area (Å²) in [7, 11) is -3.80. The van der Waals surface area contributed by atoms with E-state index in [1.165, 1.54) is 64.2 Å². The number of ketones is 1. The van der Waals surface area contributed by atoms with E-state index in [0.717, 1.165) is 30.7 Å². The Morgan fingerprint density at radius 1 is 0.872 bits per heavy atom. The maximum atomic E-state index is 13.9. The first kappa shape index (κ1) is 29.3. The Bertz CT molecular complexity index is 1110. The van der Waals surface area contributed by atoms with Crippen molar-refractivity contribution in [3.8, 4) is 0 Å². The van der Waals surface area contributed by atoms with Crippen LogP contribution in [-0.4, -0.2) is 20.3 Å². The number of aryl methyl sites for hydroxylation is 1. The van der Waals surface area contributed by atoms with Crippen LogP contribution in [0.2, 0.25) is 0 Å². The van der Waals surface area contributed by atoms with Crippen molar-refractivity contribution in [1.82, 2.24) is 0 Å². The molecule has 1 aromatic carbocycles. The highest BCUT2D eigenvalue weighted by Gasteiger charge is 2.62. The highest BCUT2D eigenvalue weighted by Crippen LogP contribution is 2.67. The van der Waals surface area contributed by atoms with E-state index >= 15 is 0 Å². The molecule has 0 N–H and O–H groups in total. The fourth-order valence-corrected chi connectivity index (χ4v) is 10.8. The first-order chi connectivity index (χ1) is 18.6. The summed E-state index contributed by atoms with van der Waals surface area (Å²) in [6.45, 7) is 9.19. The van der Waals surface area contributed by atoms with Gasteiger partial charge in [0.05, 0.1) is 11.0 Å². The number of Topliss-reactive ketones (excluding diaryl/α,β-unsaturated/α-hetero) is 1. The van der Waals surface area contributed by atoms with E-state index in [0.29, 0.717) is 35.9 Å². The van der Waals surface area contributed by atoms with E-state index in [4.69, 9.17) is 4.18 Å². The molecule has 8 atom stereocenters. The molecule has 0 radical (unpaired) electrons. The lowest BCUT2D eigenvalue weighted by atomic mass is 9.44. The van der Waals surface area contributed by atoms with Crippen LogP contribution in [0.4, 0.5) is 0 Å². The number of rotatable bonds is 10. The largest absolute Gasteiger partial charge is 0.299 e. The lowest BCUT2D eigenvalue weighted by Crippen LogP contribution is -2.57. The van der Waals surface area contributed by atoms with Crippen LogP contribution in [0.1, 0.15) is 123 Å². The predicted octanol–water partition coefficient (Wildman–Crippen LogP) is 8.66. The summed E-state index contributed by atoms with van der Waals surface area (Å²) in [4.78, 5) is 14.1. The van der Waals surface area contributed by atoms with Gasteiger partial charge in [-0.2, -0.15) is 8.42 Å². The van der Waals surface area contributed by atoms with Crippen LogP contribution in [-0.2, 0) is 19.1 Å². The standard InChI is InChI=1S/C34H52O4S/c1-5-6-7-8-9-10-11-25-14-17-29-32-30(19-21-33(25,29)3)34(4)20-18-27(22-26(34)23-31(32)35)38-39(36,37)28-15-12-24(2)13-16-28/h12-13,15-16,25-27,29-30,32H,5-11,14,17-23H2,1-4H3. The number of unbranched alkanes of at least 4 members (excludes halogenated alkanes) is 5. The van der Waals surface area contributed by atoms with Crippen LogP contribution in [0.5, 0.6) is 0 Å². The molecule has 4 aliphatic rings. The van der Waals surface area contributed by atoms with Gasteiger partial charge in [-0.1, -0.05) is 77.0 Å². The average molecular weight is 557 g/mol. The van der Waals surface area contributed by atoms with Crippen molar-refractivity contribution < 1.29 is 17.4 Å². The number of hydrogen-bond donors (Lipinski definition) is 0. The molecular weight excluding hydrogens is 504 g/mol. The SMILES string of the molecule is CCCCCCCCC1CCC2C3C(=O)CC4CC(OS(=O)(=O)c5ccc(C)cc5)CCC4(C)C3CCC12C. The molecule has 0 amide bonds. The van der Waals surface area contributed by atoms with Crippen molar-refractivity contribution >= 4 is 15.9 Å². The van der Waals surface area contributed by atoms with Crippen molar-refractivity contribution in [1.29, 1.82) is 0 Å². The smallest absolute Gasteiger partial charge is 0.297 e. The first-order valence-corrected chi connectivity index (χ1v) is 17.5. The van der Waals surface area contributed by atoms with Gasteiger partial charge < -0.3 is 0 Å². The molecule has 5 heteroatoms. The number of carbonyl (C=O) groups excluding carboxylic acids is 1. The first-order valence-electron chi connectivity index (χ1n) is 16.1. The van der Waals surface area contributed by atoms with Crippen LogP contribution < -0.4 is 0 Å². The van der Waals surface area contributed by atoms with E-state index in [-0.39, 0.29) is 28.3 Å². The van der Waals surface area contributed by atoms with Crippen LogP contribution in [0.3, 0.4) is 0 Å². The normalized spacial score (nSPS) is 38.2. The molecule has 218 valence electrons. The van der Waals surface area contributed by atoms with Gasteiger partial charge in [0, 0.05) is 12.3 Å². The number of hydrogen-bond acceptors (Lipinski definition) is 4. The van der Waals surface area contributed by atoms with Crippen molar-refractivity contribution in [2.45, 2.75) is 135 Å². The topological polar surface area (TPSA) is 60.4 Å². The fraction of sp³-hybridized carbons (Fsp3) is 0.794. The van der Waals surface area contributed by atoms with Gasteiger partial charge in [0.1, 0.15) is 5.78 Å². The van der Waals surface area contributed by atoms with E-state index in [9.17, 15) is 13.2 Å². The monoisotopic (exact) mass is 556 g/mol. The zero-order valence-electron chi connectivity index (χ0n) is 24.9. The van der Waals surface area contributed by atoms with Gasteiger partial charge in [0.2, 0.25) is 0 Å². The van der Waals surface area contributed by atoms with Gasteiger partial charge in [-0.25, -0.2) is 0 Å². The van der Waals surface area contributed by atoms with Crippen molar-refractivity contribution in [3.05, 3.63) is 29.8 Å². The van der Waals surface area contributed by atoms with Crippen molar-refractivity contribution in [2.75, 3.05) is 0 Å². The Balaban J connectivity index is 1.23. The molecule has 4 nitrogen and oxygen atoms in total. The summed E-state index contributed by atoms with van der Waals surface area (Å²) in [5.41, 5.74) is 1.47. The molecule has 0 saturated heterocycles. The van der Waals surface area contributed by atoms with Crippen LogP contribution >= 0.6 is 0 Å². The molecule has 8 unspecified atom stereocenters. The fourth-order valence-electron chi connectivity index (χ4n) is 9.67. The highest BCUT2D eigenvalue weighted by atomic mass is 32.2. The van der Waals surface area contributed by atoms with E-state index in [1.54, 1.807) is 12.1 Å². The minimum Gasteiger partial charge on any atom is -0.299 e. The minimum absolute atomic E-state index is 0.116. The minimum atomic E-state index is -3.80. The molecule has 0 aliphatic heterocycles. The molecule has 4 saturated carbocycles. The molecule has 39 heavy (non-hydrogen) atoms. The Labute approximate surface area is 238 Å².